The molecular weight excluding hydrogens is 362 g/mol. The van der Waals surface area contributed by atoms with Crippen molar-refractivity contribution in [1.29, 1.82) is 0 Å². The molecule has 2 aromatic carbocycles. The van der Waals surface area contributed by atoms with E-state index in [0.29, 0.717) is 5.92 Å². The summed E-state index contributed by atoms with van der Waals surface area (Å²) in [5, 5.41) is 0. The van der Waals surface area contributed by atoms with Gasteiger partial charge in [0, 0.05) is 13.5 Å². The standard InChI is InChI=1S/C29H32N/c1-19-12-13-25-24-11-5-9-21-8-3-6-20-7-4-10-22(16-20)23-14-15-30(2)28(17-23)29(19)27(25)18-26(21)24/h5,9,11-15,17,20,22H,3-4,6-8,10,16,18H2,1-2H3/q+1/i22D. The van der Waals surface area contributed by atoms with Crippen molar-refractivity contribution < 1.29 is 5.94 Å². The predicted molar refractivity (Wildman–Crippen MR) is 124 cm³/mol. The number of aromatic nitrogens is 1. The molecule has 0 N–H and O–H groups in total. The van der Waals surface area contributed by atoms with Crippen molar-refractivity contribution in [2.24, 2.45) is 13.0 Å². The summed E-state index contributed by atoms with van der Waals surface area (Å²) in [6.07, 6.45) is 11.4. The molecule has 2 atom stereocenters. The van der Waals surface area contributed by atoms with Gasteiger partial charge in [-0.1, -0.05) is 49.6 Å². The first-order valence-electron chi connectivity index (χ1n) is 12.3. The number of hydrogen-bond acceptors (Lipinski definition) is 0. The highest BCUT2D eigenvalue weighted by Gasteiger charge is 2.30. The van der Waals surface area contributed by atoms with Crippen molar-refractivity contribution >= 4 is 0 Å². The van der Waals surface area contributed by atoms with Gasteiger partial charge in [0.2, 0.25) is 5.69 Å². The number of hydrogen-bond donors (Lipinski definition) is 0. The molecule has 1 heteroatoms. The van der Waals surface area contributed by atoms with Crippen LogP contribution in [0.2, 0.25) is 0 Å². The number of pyridine rings is 1. The molecule has 30 heavy (non-hydrogen) atoms. The maximum atomic E-state index is 9.45. The highest BCUT2D eigenvalue weighted by atomic mass is 14.9. The van der Waals surface area contributed by atoms with E-state index in [0.717, 1.165) is 19.3 Å². The summed E-state index contributed by atoms with van der Waals surface area (Å²) in [5.74, 6) is 0.242. The minimum Gasteiger partial charge on any atom is -0.201 e. The average Bonchev–Trinajstić information content (AvgIpc) is 3.13. The number of benzene rings is 2. The van der Waals surface area contributed by atoms with Crippen LogP contribution in [0.1, 0.15) is 73.6 Å². The second-order valence-corrected chi connectivity index (χ2v) is 9.77. The summed E-state index contributed by atoms with van der Waals surface area (Å²) in [6.45, 7) is 2.25. The molecule has 3 aliphatic carbocycles. The van der Waals surface area contributed by atoms with Crippen LogP contribution in [-0.2, 0) is 19.9 Å². The Balaban J connectivity index is 1.62. The van der Waals surface area contributed by atoms with E-state index in [1.165, 1.54) is 71.2 Å². The Labute approximate surface area is 182 Å². The summed E-state index contributed by atoms with van der Waals surface area (Å²) in [6, 6.07) is 16.2. The van der Waals surface area contributed by atoms with Gasteiger partial charge in [-0.15, -0.1) is 0 Å². The second-order valence-electron chi connectivity index (χ2n) is 9.77. The third-order valence-electron chi connectivity index (χ3n) is 7.94. The minimum absolute atomic E-state index is 0.440. The fourth-order valence-electron chi connectivity index (χ4n) is 6.35. The van der Waals surface area contributed by atoms with Gasteiger partial charge in [-0.2, -0.15) is 0 Å². The first-order valence-corrected chi connectivity index (χ1v) is 11.8. The lowest BCUT2D eigenvalue weighted by Crippen LogP contribution is -2.31. The zero-order valence-corrected chi connectivity index (χ0v) is 18.3. The van der Waals surface area contributed by atoms with Crippen LogP contribution < -0.4 is 4.57 Å². The van der Waals surface area contributed by atoms with Crippen molar-refractivity contribution in [3.05, 3.63) is 76.5 Å². The van der Waals surface area contributed by atoms with Crippen LogP contribution >= 0.6 is 0 Å². The van der Waals surface area contributed by atoms with Crippen molar-refractivity contribution in [2.45, 2.75) is 64.2 Å². The molecule has 0 radical (unpaired) electrons. The number of fused-ring (bicyclic) bond motifs is 7. The van der Waals surface area contributed by atoms with Gasteiger partial charge in [-0.3, -0.25) is 0 Å². The lowest BCUT2D eigenvalue weighted by atomic mass is 9.76. The third-order valence-corrected chi connectivity index (χ3v) is 7.94. The van der Waals surface area contributed by atoms with E-state index in [2.05, 4.69) is 67.2 Å². The largest absolute Gasteiger partial charge is 0.213 e. The normalized spacial score (nSPS) is 24.9. The van der Waals surface area contributed by atoms with Crippen LogP contribution in [0.25, 0.3) is 22.4 Å². The van der Waals surface area contributed by atoms with Gasteiger partial charge >= 0.3 is 0 Å². The SMILES string of the molecule is [2H]C12CCCC(CCCc3cccc4c3Cc3c-4ccc(C)c3-c3cc1cc[n+]3C)C2. The van der Waals surface area contributed by atoms with Gasteiger partial charge in [-0.05, 0) is 89.8 Å². The molecule has 2 unspecified atom stereocenters. The lowest BCUT2D eigenvalue weighted by molar-refractivity contribution is -0.660. The summed E-state index contributed by atoms with van der Waals surface area (Å²) in [4.78, 5) is 0. The first-order chi connectivity index (χ1) is 15.0. The summed E-state index contributed by atoms with van der Waals surface area (Å²) in [5.41, 5.74) is 12.6. The van der Waals surface area contributed by atoms with Crippen LogP contribution in [0, 0.1) is 12.8 Å². The van der Waals surface area contributed by atoms with Gasteiger partial charge in [0.15, 0.2) is 6.20 Å². The Hall–Kier alpha value is -2.41. The van der Waals surface area contributed by atoms with Crippen LogP contribution in [0.3, 0.4) is 0 Å². The number of rotatable bonds is 0. The van der Waals surface area contributed by atoms with Gasteiger partial charge in [-0.25, -0.2) is 4.57 Å². The fraction of sp³-hybridized carbons (Fsp3) is 0.414. The van der Waals surface area contributed by atoms with Crippen LogP contribution in [0.5, 0.6) is 0 Å². The van der Waals surface area contributed by atoms with E-state index in [9.17, 15) is 1.37 Å². The molecule has 1 aromatic heterocycles. The van der Waals surface area contributed by atoms with Gasteiger partial charge < -0.3 is 0 Å². The number of nitrogens with zero attached hydrogens (tertiary/aromatic N) is 1. The number of aryl methyl sites for hydroxylation is 3. The monoisotopic (exact) mass is 395 g/mol. The molecule has 6 rings (SSSR count). The fourth-order valence-corrected chi connectivity index (χ4v) is 6.35. The molecule has 3 aromatic rings. The van der Waals surface area contributed by atoms with Crippen molar-refractivity contribution in [2.75, 3.05) is 0 Å². The summed E-state index contributed by atoms with van der Waals surface area (Å²) >= 11 is 0. The van der Waals surface area contributed by atoms with Crippen molar-refractivity contribution in [3.8, 4) is 22.4 Å². The first kappa shape index (κ1) is 17.3. The predicted octanol–water partition coefficient (Wildman–Crippen LogP) is 6.67. The molecule has 0 amide bonds. The Kier molecular flexibility index (Phi) is 4.08. The van der Waals surface area contributed by atoms with E-state index in [4.69, 9.17) is 0 Å². The molecule has 6 bridgehead atoms. The van der Waals surface area contributed by atoms with Crippen LogP contribution in [0.15, 0.2) is 48.7 Å². The maximum Gasteiger partial charge on any atom is 0.213 e. The second kappa shape index (κ2) is 7.08. The smallest absolute Gasteiger partial charge is 0.201 e. The summed E-state index contributed by atoms with van der Waals surface area (Å²) < 4.78 is 11.7. The van der Waals surface area contributed by atoms with Crippen LogP contribution in [-0.4, -0.2) is 0 Å². The molecule has 1 fully saturated rings. The van der Waals surface area contributed by atoms with Crippen molar-refractivity contribution in [3.63, 3.8) is 0 Å². The Morgan fingerprint density at radius 2 is 1.83 bits per heavy atom. The topological polar surface area (TPSA) is 3.88 Å². The molecule has 152 valence electrons. The molecular formula is C29H32N+. The van der Waals surface area contributed by atoms with Gasteiger partial charge in [0.05, 0.1) is 5.56 Å². The van der Waals surface area contributed by atoms with Crippen LogP contribution in [0.4, 0.5) is 0 Å². The average molecular weight is 396 g/mol. The third kappa shape index (κ3) is 2.86. The van der Waals surface area contributed by atoms with E-state index in [1.54, 1.807) is 11.1 Å². The molecule has 3 aliphatic rings. The van der Waals surface area contributed by atoms with Gasteiger partial charge in [0.1, 0.15) is 7.05 Å². The highest BCUT2D eigenvalue weighted by Crippen LogP contribution is 2.45. The Morgan fingerprint density at radius 3 is 2.77 bits per heavy atom. The quantitative estimate of drug-likeness (QED) is 0.293. The highest BCUT2D eigenvalue weighted by molar-refractivity contribution is 5.85. The molecule has 0 spiro atoms. The molecule has 1 heterocycles. The van der Waals surface area contributed by atoms with Gasteiger partial charge in [0.25, 0.3) is 0 Å². The molecule has 0 saturated heterocycles. The Bertz CT molecular complexity index is 1190. The molecule has 1 nitrogen and oxygen atoms in total. The van der Waals surface area contributed by atoms with E-state index >= 15 is 0 Å². The minimum atomic E-state index is -0.440. The van der Waals surface area contributed by atoms with Crippen molar-refractivity contribution in [1.82, 2.24) is 0 Å². The van der Waals surface area contributed by atoms with E-state index in [-0.39, 0.29) is 0 Å². The zero-order chi connectivity index (χ0) is 21.2. The van der Waals surface area contributed by atoms with E-state index in [1.807, 2.05) is 0 Å². The maximum absolute atomic E-state index is 9.45. The Morgan fingerprint density at radius 1 is 0.967 bits per heavy atom. The lowest BCUT2D eigenvalue weighted by Gasteiger charge is -2.29. The summed E-state index contributed by atoms with van der Waals surface area (Å²) in [7, 11) is 2.16. The molecule has 1 saturated carbocycles. The zero-order valence-electron chi connectivity index (χ0n) is 19.3. The molecule has 0 aliphatic heterocycles. The van der Waals surface area contributed by atoms with E-state index < -0.39 is 5.89 Å².